The number of piperidine rings is 1. The van der Waals surface area contributed by atoms with Gasteiger partial charge in [-0.3, -0.25) is 4.79 Å². The summed E-state index contributed by atoms with van der Waals surface area (Å²) in [7, 11) is 1.65. The third-order valence-electron chi connectivity index (χ3n) is 4.25. The molecule has 0 N–H and O–H groups in total. The van der Waals surface area contributed by atoms with Gasteiger partial charge in [0, 0.05) is 35.8 Å². The lowest BCUT2D eigenvalue weighted by Gasteiger charge is -2.37. The molecule has 4 nitrogen and oxygen atoms in total. The van der Waals surface area contributed by atoms with Gasteiger partial charge in [-0.2, -0.15) is 11.8 Å². The van der Waals surface area contributed by atoms with Gasteiger partial charge in [-0.1, -0.05) is 20.8 Å². The van der Waals surface area contributed by atoms with Crippen LogP contribution in [0.3, 0.4) is 0 Å². The molecular weight excluding hydrogens is 334 g/mol. The number of nitrogens with zero attached hydrogens (tertiary/aromatic N) is 1. The highest BCUT2D eigenvalue weighted by Crippen LogP contribution is 2.29. The summed E-state index contributed by atoms with van der Waals surface area (Å²) in [6.07, 6.45) is 3.42. The Morgan fingerprint density at radius 1 is 1.20 bits per heavy atom. The quantitative estimate of drug-likeness (QED) is 0.678. The molecule has 1 saturated heterocycles. The van der Waals surface area contributed by atoms with E-state index in [1.807, 2.05) is 36.0 Å². The van der Waals surface area contributed by atoms with Crippen LogP contribution in [0.25, 0.3) is 0 Å². The average Bonchev–Trinajstić information content (AvgIpc) is 2.60. The number of carbonyl (C=O) groups excluding carboxylic acids is 1. The lowest BCUT2D eigenvalue weighted by Crippen LogP contribution is -2.45. The number of likely N-dealkylation sites (tertiary alicyclic amines) is 1. The standard InChI is InChI=1S/C20H31NO3S/c1-20(2,3)25-15-17-7-5-6-12-21(17)19(22)16-8-10-18(11-9-16)24-14-13-23-4/h8-11,17H,5-7,12-15H2,1-4H3/t17-/m0/s1. The minimum atomic E-state index is 0.141. The van der Waals surface area contributed by atoms with Gasteiger partial charge in [0.15, 0.2) is 0 Å². The van der Waals surface area contributed by atoms with Crippen LogP contribution in [0.15, 0.2) is 24.3 Å². The van der Waals surface area contributed by atoms with E-state index in [4.69, 9.17) is 9.47 Å². The second-order valence-corrected chi connectivity index (χ2v) is 9.28. The van der Waals surface area contributed by atoms with Crippen LogP contribution in [0.4, 0.5) is 0 Å². The first-order valence-electron chi connectivity index (χ1n) is 9.07. The van der Waals surface area contributed by atoms with Crippen molar-refractivity contribution in [2.24, 2.45) is 0 Å². The van der Waals surface area contributed by atoms with Gasteiger partial charge in [0.25, 0.3) is 5.91 Å². The van der Waals surface area contributed by atoms with Crippen LogP contribution in [-0.4, -0.2) is 54.2 Å². The zero-order valence-electron chi connectivity index (χ0n) is 15.9. The molecule has 2 rings (SSSR count). The van der Waals surface area contributed by atoms with Crippen LogP contribution in [0.2, 0.25) is 0 Å². The fraction of sp³-hybridized carbons (Fsp3) is 0.650. The molecule has 0 aromatic heterocycles. The molecule has 5 heteroatoms. The Bertz CT molecular complexity index is 539. The molecule has 1 fully saturated rings. The molecule has 25 heavy (non-hydrogen) atoms. The Kier molecular flexibility index (Phi) is 7.63. The third-order valence-corrected chi connectivity index (χ3v) is 5.67. The smallest absolute Gasteiger partial charge is 0.254 e. The fourth-order valence-corrected chi connectivity index (χ4v) is 3.93. The lowest BCUT2D eigenvalue weighted by molar-refractivity contribution is 0.0640. The highest BCUT2D eigenvalue weighted by molar-refractivity contribution is 8.00. The summed E-state index contributed by atoms with van der Waals surface area (Å²) in [4.78, 5) is 15.0. The van der Waals surface area contributed by atoms with Crippen molar-refractivity contribution in [2.45, 2.75) is 50.8 Å². The molecular formula is C20H31NO3S. The summed E-state index contributed by atoms with van der Waals surface area (Å²) in [5.74, 6) is 1.92. The number of amides is 1. The Morgan fingerprint density at radius 3 is 2.56 bits per heavy atom. The summed E-state index contributed by atoms with van der Waals surface area (Å²) < 4.78 is 10.8. The Morgan fingerprint density at radius 2 is 1.92 bits per heavy atom. The summed E-state index contributed by atoms with van der Waals surface area (Å²) in [5.41, 5.74) is 0.742. The molecule has 1 amide bonds. The molecule has 1 heterocycles. The summed E-state index contributed by atoms with van der Waals surface area (Å²) in [6.45, 7) is 8.63. The van der Waals surface area contributed by atoms with Crippen molar-refractivity contribution in [3.05, 3.63) is 29.8 Å². The third kappa shape index (κ3) is 6.55. The molecule has 140 valence electrons. The first kappa shape index (κ1) is 20.1. The Hall–Kier alpha value is -1.20. The van der Waals surface area contributed by atoms with E-state index in [2.05, 4.69) is 25.7 Å². The molecule has 0 unspecified atom stereocenters. The van der Waals surface area contributed by atoms with E-state index in [9.17, 15) is 4.79 Å². The number of thioether (sulfide) groups is 1. The maximum atomic E-state index is 13.0. The van der Waals surface area contributed by atoms with E-state index >= 15 is 0 Å². The number of hydrogen-bond donors (Lipinski definition) is 0. The first-order chi connectivity index (χ1) is 11.9. The topological polar surface area (TPSA) is 38.8 Å². The van der Waals surface area contributed by atoms with Gasteiger partial charge in [0.05, 0.1) is 6.61 Å². The van der Waals surface area contributed by atoms with Crippen LogP contribution in [0, 0.1) is 0 Å². The summed E-state index contributed by atoms with van der Waals surface area (Å²) in [6, 6.07) is 7.81. The van der Waals surface area contributed by atoms with E-state index in [0.717, 1.165) is 36.5 Å². The molecule has 0 spiro atoms. The van der Waals surface area contributed by atoms with Gasteiger partial charge in [0.2, 0.25) is 0 Å². The molecule has 0 radical (unpaired) electrons. The van der Waals surface area contributed by atoms with E-state index < -0.39 is 0 Å². The molecule has 0 saturated carbocycles. The Balaban J connectivity index is 1.98. The lowest BCUT2D eigenvalue weighted by atomic mass is 10.0. The molecule has 0 aliphatic carbocycles. The molecule has 1 atom stereocenters. The van der Waals surface area contributed by atoms with Gasteiger partial charge < -0.3 is 14.4 Å². The number of methoxy groups -OCH3 is 1. The van der Waals surface area contributed by atoms with Gasteiger partial charge in [0.1, 0.15) is 12.4 Å². The van der Waals surface area contributed by atoms with E-state index in [1.165, 1.54) is 6.42 Å². The molecule has 1 aromatic rings. The zero-order valence-corrected chi connectivity index (χ0v) is 16.7. The number of hydrogen-bond acceptors (Lipinski definition) is 4. The van der Waals surface area contributed by atoms with Gasteiger partial charge in [-0.25, -0.2) is 0 Å². The van der Waals surface area contributed by atoms with Crippen molar-refractivity contribution in [3.8, 4) is 5.75 Å². The second kappa shape index (κ2) is 9.48. The van der Waals surface area contributed by atoms with Crippen molar-refractivity contribution in [2.75, 3.05) is 32.6 Å². The van der Waals surface area contributed by atoms with Crippen molar-refractivity contribution < 1.29 is 14.3 Å². The van der Waals surface area contributed by atoms with Crippen molar-refractivity contribution in [1.29, 1.82) is 0 Å². The normalized spacial score (nSPS) is 18.2. The van der Waals surface area contributed by atoms with Crippen molar-refractivity contribution in [1.82, 2.24) is 4.90 Å². The van der Waals surface area contributed by atoms with Gasteiger partial charge in [-0.05, 0) is 43.5 Å². The second-order valence-electron chi connectivity index (χ2n) is 7.44. The molecule has 1 aliphatic heterocycles. The Labute approximate surface area is 156 Å². The maximum absolute atomic E-state index is 13.0. The van der Waals surface area contributed by atoms with Crippen molar-refractivity contribution >= 4 is 17.7 Å². The van der Waals surface area contributed by atoms with Crippen LogP contribution in [0.1, 0.15) is 50.4 Å². The highest BCUT2D eigenvalue weighted by Gasteiger charge is 2.28. The molecule has 1 aliphatic rings. The zero-order chi connectivity index (χ0) is 18.3. The number of ether oxygens (including phenoxy) is 2. The number of benzene rings is 1. The average molecular weight is 366 g/mol. The predicted molar refractivity (Wildman–Crippen MR) is 105 cm³/mol. The number of carbonyl (C=O) groups is 1. The van der Waals surface area contributed by atoms with E-state index in [1.54, 1.807) is 7.11 Å². The van der Waals surface area contributed by atoms with Gasteiger partial charge in [-0.15, -0.1) is 0 Å². The maximum Gasteiger partial charge on any atom is 0.254 e. The highest BCUT2D eigenvalue weighted by atomic mass is 32.2. The van der Waals surface area contributed by atoms with Crippen LogP contribution in [-0.2, 0) is 4.74 Å². The molecule has 0 bridgehead atoms. The van der Waals surface area contributed by atoms with E-state index in [-0.39, 0.29) is 10.7 Å². The molecule has 1 aromatic carbocycles. The van der Waals surface area contributed by atoms with Crippen LogP contribution in [0.5, 0.6) is 5.75 Å². The fourth-order valence-electron chi connectivity index (χ4n) is 2.89. The van der Waals surface area contributed by atoms with Crippen LogP contribution >= 0.6 is 11.8 Å². The van der Waals surface area contributed by atoms with Crippen molar-refractivity contribution in [3.63, 3.8) is 0 Å². The van der Waals surface area contributed by atoms with Gasteiger partial charge >= 0.3 is 0 Å². The summed E-state index contributed by atoms with van der Waals surface area (Å²) in [5, 5.41) is 0. The minimum absolute atomic E-state index is 0.141. The monoisotopic (exact) mass is 365 g/mol. The SMILES string of the molecule is COCCOc1ccc(C(=O)N2CCCC[C@H]2CSC(C)(C)C)cc1. The predicted octanol–water partition coefficient (Wildman–Crippen LogP) is 4.24. The number of rotatable bonds is 7. The van der Waals surface area contributed by atoms with Crippen LogP contribution < -0.4 is 4.74 Å². The minimum Gasteiger partial charge on any atom is -0.491 e. The summed E-state index contributed by atoms with van der Waals surface area (Å²) >= 11 is 1.94. The largest absolute Gasteiger partial charge is 0.491 e. The van der Waals surface area contributed by atoms with E-state index in [0.29, 0.717) is 19.3 Å². The first-order valence-corrected chi connectivity index (χ1v) is 10.1.